The number of rotatable bonds is 8. The maximum Gasteiger partial charge on any atom is 0.147 e. The van der Waals surface area contributed by atoms with Gasteiger partial charge in [-0.05, 0) is 80.5 Å². The van der Waals surface area contributed by atoms with E-state index in [2.05, 4.69) is 48.6 Å². The average Bonchev–Trinajstić information content (AvgIpc) is 2.89. The topological polar surface area (TPSA) is 18.5 Å². The highest BCUT2D eigenvalue weighted by Gasteiger charge is 2.50. The molecule has 0 radical (unpaired) electrons. The molecule has 0 amide bonds. The van der Waals surface area contributed by atoms with Gasteiger partial charge in [-0.2, -0.15) is 0 Å². The molecule has 0 aliphatic heterocycles. The average molecular weight is 401 g/mol. The number of ether oxygens (including phenoxy) is 2. The van der Waals surface area contributed by atoms with Crippen molar-refractivity contribution in [2.75, 3.05) is 13.9 Å². The first-order valence-corrected chi connectivity index (χ1v) is 10.7. The Morgan fingerprint density at radius 2 is 2.12 bits per heavy atom. The maximum absolute atomic E-state index is 5.79. The summed E-state index contributed by atoms with van der Waals surface area (Å²) in [5.74, 6) is 2.51. The van der Waals surface area contributed by atoms with Crippen molar-refractivity contribution in [2.45, 2.75) is 84.7 Å². The summed E-state index contributed by atoms with van der Waals surface area (Å²) in [6.07, 6.45) is 10.6. The third kappa shape index (κ3) is 4.65. The van der Waals surface area contributed by atoms with E-state index in [1.807, 2.05) is 0 Å². The van der Waals surface area contributed by atoms with Crippen LogP contribution in [0.5, 0.6) is 0 Å². The second kappa shape index (κ2) is 8.68. The molecule has 0 spiro atoms. The first kappa shape index (κ1) is 20.5. The predicted octanol–water partition coefficient (Wildman–Crippen LogP) is 6.69. The molecule has 140 valence electrons. The van der Waals surface area contributed by atoms with Gasteiger partial charge in [0.1, 0.15) is 6.79 Å². The molecule has 2 saturated carbocycles. The van der Waals surface area contributed by atoms with Crippen LogP contribution in [0.1, 0.15) is 79.1 Å². The van der Waals surface area contributed by atoms with Crippen LogP contribution in [0.15, 0.2) is 10.6 Å². The van der Waals surface area contributed by atoms with Crippen LogP contribution < -0.4 is 0 Å². The Kier molecular flexibility index (Phi) is 7.40. The van der Waals surface area contributed by atoms with E-state index in [1.165, 1.54) is 44.9 Å². The molecule has 0 aromatic heterocycles. The SMILES string of the molecule is COCOC(C)(C)CCC[C@@H](C)[C@H]1CC[C@H]2/C(=C/Br)CCC[C@]12C. The van der Waals surface area contributed by atoms with E-state index >= 15 is 0 Å². The van der Waals surface area contributed by atoms with Gasteiger partial charge < -0.3 is 9.47 Å². The second-order valence-corrected chi connectivity index (χ2v) is 9.42. The van der Waals surface area contributed by atoms with Crippen LogP contribution in [-0.4, -0.2) is 19.5 Å². The highest BCUT2D eigenvalue weighted by atomic mass is 79.9. The smallest absolute Gasteiger partial charge is 0.147 e. The largest absolute Gasteiger partial charge is 0.359 e. The van der Waals surface area contributed by atoms with E-state index in [0.717, 1.165) is 24.2 Å². The lowest BCUT2D eigenvalue weighted by atomic mass is 9.61. The van der Waals surface area contributed by atoms with Crippen molar-refractivity contribution in [1.29, 1.82) is 0 Å². The molecule has 2 aliphatic rings. The van der Waals surface area contributed by atoms with Crippen LogP contribution in [0.4, 0.5) is 0 Å². The van der Waals surface area contributed by atoms with Crippen LogP contribution >= 0.6 is 15.9 Å². The molecule has 0 N–H and O–H groups in total. The summed E-state index contributed by atoms with van der Waals surface area (Å²) in [6, 6.07) is 0. The Morgan fingerprint density at radius 1 is 1.38 bits per heavy atom. The molecule has 0 saturated heterocycles. The second-order valence-electron chi connectivity index (χ2n) is 8.96. The molecule has 2 rings (SSSR count). The predicted molar refractivity (Wildman–Crippen MR) is 105 cm³/mol. The van der Waals surface area contributed by atoms with Gasteiger partial charge in [-0.3, -0.25) is 0 Å². The zero-order valence-electron chi connectivity index (χ0n) is 16.4. The van der Waals surface area contributed by atoms with E-state index < -0.39 is 0 Å². The monoisotopic (exact) mass is 400 g/mol. The minimum Gasteiger partial charge on any atom is -0.359 e. The molecule has 0 aromatic rings. The molecule has 2 nitrogen and oxygen atoms in total. The Balaban J connectivity index is 1.88. The molecular formula is C21H37BrO2. The molecule has 24 heavy (non-hydrogen) atoms. The molecular weight excluding hydrogens is 364 g/mol. The molecule has 0 unspecified atom stereocenters. The van der Waals surface area contributed by atoms with Gasteiger partial charge in [0, 0.05) is 7.11 Å². The van der Waals surface area contributed by atoms with E-state index in [0.29, 0.717) is 12.2 Å². The van der Waals surface area contributed by atoms with Crippen molar-refractivity contribution in [3.05, 3.63) is 10.6 Å². The molecule has 0 bridgehead atoms. The van der Waals surface area contributed by atoms with Crippen LogP contribution in [0, 0.1) is 23.2 Å². The van der Waals surface area contributed by atoms with Gasteiger partial charge in [0.15, 0.2) is 0 Å². The van der Waals surface area contributed by atoms with Gasteiger partial charge in [-0.1, -0.05) is 48.2 Å². The number of fused-ring (bicyclic) bond motifs is 1. The Labute approximate surface area is 157 Å². The number of hydrogen-bond donors (Lipinski definition) is 0. The maximum atomic E-state index is 5.79. The standard InChI is InChI=1S/C21H37BrO2/c1-16(8-6-12-20(2,3)24-15-23-5)18-10-11-19-17(14-22)9-7-13-21(18,19)4/h14,16,18-19H,6-13,15H2,1-5H3/b17-14+/t16-,18-,19+,21-/m1/s1. The fourth-order valence-electron chi connectivity index (χ4n) is 5.49. The quantitative estimate of drug-likeness (QED) is 0.422. The van der Waals surface area contributed by atoms with Crippen LogP contribution in [0.25, 0.3) is 0 Å². The van der Waals surface area contributed by atoms with Crippen LogP contribution in [-0.2, 0) is 9.47 Å². The normalized spacial score (nSPS) is 33.7. The molecule has 2 aliphatic carbocycles. The molecule has 2 fully saturated rings. The molecule has 4 atom stereocenters. The van der Waals surface area contributed by atoms with Crippen molar-refractivity contribution in [3.8, 4) is 0 Å². The molecule has 0 heterocycles. The minimum atomic E-state index is -0.0748. The summed E-state index contributed by atoms with van der Waals surface area (Å²) >= 11 is 3.63. The van der Waals surface area contributed by atoms with Crippen molar-refractivity contribution < 1.29 is 9.47 Å². The van der Waals surface area contributed by atoms with Gasteiger partial charge in [0.25, 0.3) is 0 Å². The Bertz CT molecular complexity index is 432. The third-order valence-electron chi connectivity index (χ3n) is 6.87. The lowest BCUT2D eigenvalue weighted by Crippen LogP contribution is -2.36. The summed E-state index contributed by atoms with van der Waals surface area (Å²) in [7, 11) is 1.69. The Morgan fingerprint density at radius 3 is 2.79 bits per heavy atom. The lowest BCUT2D eigenvalue weighted by molar-refractivity contribution is -0.118. The van der Waals surface area contributed by atoms with Crippen molar-refractivity contribution >= 4 is 15.9 Å². The zero-order chi connectivity index (χ0) is 17.8. The number of hydrogen-bond acceptors (Lipinski definition) is 2. The summed E-state index contributed by atoms with van der Waals surface area (Å²) in [4.78, 5) is 2.23. The van der Waals surface area contributed by atoms with Gasteiger partial charge in [-0.15, -0.1) is 0 Å². The fraction of sp³-hybridized carbons (Fsp3) is 0.905. The van der Waals surface area contributed by atoms with Crippen molar-refractivity contribution in [3.63, 3.8) is 0 Å². The van der Waals surface area contributed by atoms with Crippen molar-refractivity contribution in [1.82, 2.24) is 0 Å². The van der Waals surface area contributed by atoms with Crippen molar-refractivity contribution in [2.24, 2.45) is 23.2 Å². The van der Waals surface area contributed by atoms with E-state index in [1.54, 1.807) is 12.7 Å². The summed E-state index contributed by atoms with van der Waals surface area (Å²) in [5, 5.41) is 0. The minimum absolute atomic E-state index is 0.0748. The first-order valence-electron chi connectivity index (χ1n) is 9.76. The number of methoxy groups -OCH3 is 1. The highest BCUT2D eigenvalue weighted by molar-refractivity contribution is 9.11. The van der Waals surface area contributed by atoms with Gasteiger partial charge in [0.2, 0.25) is 0 Å². The summed E-state index contributed by atoms with van der Waals surface area (Å²) in [5.41, 5.74) is 2.13. The van der Waals surface area contributed by atoms with E-state index in [-0.39, 0.29) is 5.60 Å². The first-order chi connectivity index (χ1) is 11.3. The van der Waals surface area contributed by atoms with E-state index in [4.69, 9.17) is 9.47 Å². The molecule has 0 aromatic carbocycles. The van der Waals surface area contributed by atoms with Crippen LogP contribution in [0.2, 0.25) is 0 Å². The van der Waals surface area contributed by atoms with Crippen LogP contribution in [0.3, 0.4) is 0 Å². The van der Waals surface area contributed by atoms with Gasteiger partial charge >= 0.3 is 0 Å². The highest BCUT2D eigenvalue weighted by Crippen LogP contribution is 2.60. The molecule has 3 heteroatoms. The number of allylic oxidation sites excluding steroid dienone is 1. The number of halogens is 1. The van der Waals surface area contributed by atoms with Gasteiger partial charge in [0.05, 0.1) is 5.60 Å². The summed E-state index contributed by atoms with van der Waals surface area (Å²) in [6.45, 7) is 9.82. The zero-order valence-corrected chi connectivity index (χ0v) is 18.0. The third-order valence-corrected chi connectivity index (χ3v) is 7.46. The van der Waals surface area contributed by atoms with Gasteiger partial charge in [-0.25, -0.2) is 0 Å². The van der Waals surface area contributed by atoms with E-state index in [9.17, 15) is 0 Å². The lowest BCUT2D eigenvalue weighted by Gasteiger charge is -2.44. The fourth-order valence-corrected chi connectivity index (χ4v) is 6.03. The summed E-state index contributed by atoms with van der Waals surface area (Å²) < 4.78 is 10.8. The Hall–Kier alpha value is 0.140.